The highest BCUT2D eigenvalue weighted by Crippen LogP contribution is 2.28. The van der Waals surface area contributed by atoms with Crippen LogP contribution in [0, 0.1) is 6.92 Å². The number of rotatable bonds is 4. The summed E-state index contributed by atoms with van der Waals surface area (Å²) in [6.07, 6.45) is 6.69. The van der Waals surface area contributed by atoms with Crippen LogP contribution in [0.3, 0.4) is 0 Å². The Bertz CT molecular complexity index is 635. The minimum absolute atomic E-state index is 0.147. The van der Waals surface area contributed by atoms with Gasteiger partial charge in [-0.1, -0.05) is 20.8 Å². The van der Waals surface area contributed by atoms with Crippen LogP contribution in [0.2, 0.25) is 0 Å². The van der Waals surface area contributed by atoms with Crippen LogP contribution in [-0.4, -0.2) is 21.1 Å². The van der Waals surface area contributed by atoms with Crippen molar-refractivity contribution in [2.75, 3.05) is 6.54 Å². The van der Waals surface area contributed by atoms with Gasteiger partial charge in [0.25, 0.3) is 0 Å². The zero-order valence-corrected chi connectivity index (χ0v) is 14.8. The molecule has 0 spiro atoms. The molecular formula is C17H26N4S. The molecular weight excluding hydrogens is 292 g/mol. The lowest BCUT2D eigenvalue weighted by Crippen LogP contribution is -2.26. The molecule has 0 amide bonds. The largest absolute Gasteiger partial charge is 0.334 e. The summed E-state index contributed by atoms with van der Waals surface area (Å²) in [7, 11) is 0. The Hall–Kier alpha value is -1.20. The Balaban J connectivity index is 1.57. The molecule has 0 radical (unpaired) electrons. The van der Waals surface area contributed by atoms with Crippen molar-refractivity contribution in [1.82, 2.24) is 19.9 Å². The third-order valence-corrected chi connectivity index (χ3v) is 5.55. The van der Waals surface area contributed by atoms with E-state index in [4.69, 9.17) is 4.98 Å². The number of imidazole rings is 1. The van der Waals surface area contributed by atoms with E-state index in [9.17, 15) is 0 Å². The van der Waals surface area contributed by atoms with Crippen molar-refractivity contribution in [2.45, 2.75) is 65.0 Å². The van der Waals surface area contributed by atoms with Crippen LogP contribution in [-0.2, 0) is 18.5 Å². The van der Waals surface area contributed by atoms with Crippen LogP contribution in [0.25, 0.3) is 0 Å². The number of fused-ring (bicyclic) bond motifs is 1. The second-order valence-corrected chi connectivity index (χ2v) is 8.40. The minimum Gasteiger partial charge on any atom is -0.334 e. The quantitative estimate of drug-likeness (QED) is 0.936. The predicted octanol–water partition coefficient (Wildman–Crippen LogP) is 3.61. The van der Waals surface area contributed by atoms with E-state index in [0.717, 1.165) is 25.3 Å². The summed E-state index contributed by atoms with van der Waals surface area (Å²) in [5.41, 5.74) is 1.29. The summed E-state index contributed by atoms with van der Waals surface area (Å²) in [5, 5.41) is 4.82. The summed E-state index contributed by atoms with van der Waals surface area (Å²) >= 11 is 1.82. The van der Waals surface area contributed by atoms with Crippen LogP contribution in [0.4, 0.5) is 0 Å². The summed E-state index contributed by atoms with van der Waals surface area (Å²) < 4.78 is 2.33. The lowest BCUT2D eigenvalue weighted by atomic mass is 9.98. The van der Waals surface area contributed by atoms with Crippen LogP contribution in [0.15, 0.2) is 12.4 Å². The second kappa shape index (κ2) is 6.13. The van der Waals surface area contributed by atoms with E-state index in [-0.39, 0.29) is 5.41 Å². The maximum absolute atomic E-state index is 4.71. The Morgan fingerprint density at radius 2 is 2.23 bits per heavy atom. The first-order valence-electron chi connectivity index (χ1n) is 8.13. The molecule has 2 aromatic heterocycles. The highest BCUT2D eigenvalue weighted by molar-refractivity contribution is 7.11. The second-order valence-electron chi connectivity index (χ2n) is 7.29. The fraction of sp³-hybridized carbons (Fsp3) is 0.647. The molecule has 2 aromatic rings. The van der Waals surface area contributed by atoms with Crippen molar-refractivity contribution in [1.29, 1.82) is 0 Å². The van der Waals surface area contributed by atoms with E-state index in [2.05, 4.69) is 48.8 Å². The van der Waals surface area contributed by atoms with Crippen molar-refractivity contribution < 1.29 is 0 Å². The summed E-state index contributed by atoms with van der Waals surface area (Å²) in [6, 6.07) is 0. The monoisotopic (exact) mass is 318 g/mol. The third kappa shape index (κ3) is 3.41. The van der Waals surface area contributed by atoms with Gasteiger partial charge in [0, 0.05) is 48.2 Å². The minimum atomic E-state index is 0.147. The Kier molecular flexibility index (Phi) is 4.37. The predicted molar refractivity (Wildman–Crippen MR) is 91.5 cm³/mol. The number of nitrogens with zero attached hydrogens (tertiary/aromatic N) is 3. The smallest absolute Gasteiger partial charge is 0.113 e. The first-order chi connectivity index (χ1) is 10.4. The van der Waals surface area contributed by atoms with Gasteiger partial charge in [0.05, 0.1) is 10.7 Å². The van der Waals surface area contributed by atoms with Gasteiger partial charge in [-0.2, -0.15) is 0 Å². The number of hydrogen-bond donors (Lipinski definition) is 1. The number of thiazole rings is 1. The van der Waals surface area contributed by atoms with Gasteiger partial charge in [0.15, 0.2) is 0 Å². The molecule has 0 unspecified atom stereocenters. The molecule has 0 aromatic carbocycles. The first-order valence-corrected chi connectivity index (χ1v) is 8.94. The highest BCUT2D eigenvalue weighted by Gasteiger charge is 2.22. The molecule has 3 rings (SSSR count). The molecule has 1 atom stereocenters. The fourth-order valence-electron chi connectivity index (χ4n) is 3.01. The molecule has 3 heterocycles. The Morgan fingerprint density at radius 3 is 2.95 bits per heavy atom. The molecule has 0 saturated carbocycles. The van der Waals surface area contributed by atoms with Crippen LogP contribution in [0.1, 0.15) is 60.9 Å². The standard InChI is InChI=1S/C17H26N4S/c1-12-11-21-7-5-6-13(15(21)20-12)8-18-9-14-10-19-16(22-14)17(2,3)4/h10-11,13,18H,5-9H2,1-4H3/t13-/m0/s1. The number of aryl methyl sites for hydroxylation is 2. The average Bonchev–Trinajstić information content (AvgIpc) is 3.04. The SMILES string of the molecule is Cc1cn2c(n1)[C@H](CNCc1cnc(C(C)(C)C)s1)CCC2. The lowest BCUT2D eigenvalue weighted by Gasteiger charge is -2.23. The topological polar surface area (TPSA) is 42.7 Å². The van der Waals surface area contributed by atoms with Gasteiger partial charge in [-0.3, -0.25) is 0 Å². The number of aromatic nitrogens is 3. The summed E-state index contributed by atoms with van der Waals surface area (Å²) in [5.74, 6) is 1.80. The average molecular weight is 318 g/mol. The molecule has 4 nitrogen and oxygen atoms in total. The van der Waals surface area contributed by atoms with Crippen molar-refractivity contribution in [3.05, 3.63) is 33.8 Å². The molecule has 1 aliphatic rings. The molecule has 0 bridgehead atoms. The van der Waals surface area contributed by atoms with Crippen LogP contribution < -0.4 is 5.32 Å². The molecule has 22 heavy (non-hydrogen) atoms. The van der Waals surface area contributed by atoms with Crippen molar-refractivity contribution >= 4 is 11.3 Å². The van der Waals surface area contributed by atoms with Gasteiger partial charge < -0.3 is 9.88 Å². The van der Waals surface area contributed by atoms with Crippen molar-refractivity contribution in [3.8, 4) is 0 Å². The van der Waals surface area contributed by atoms with Gasteiger partial charge in [0.1, 0.15) is 5.82 Å². The molecule has 0 saturated heterocycles. The van der Waals surface area contributed by atoms with E-state index in [1.165, 1.54) is 28.6 Å². The zero-order chi connectivity index (χ0) is 15.7. The number of nitrogens with one attached hydrogen (secondary N) is 1. The van der Waals surface area contributed by atoms with Gasteiger partial charge in [0.2, 0.25) is 0 Å². The molecule has 0 fully saturated rings. The van der Waals surface area contributed by atoms with Gasteiger partial charge >= 0.3 is 0 Å². The zero-order valence-electron chi connectivity index (χ0n) is 14.0. The van der Waals surface area contributed by atoms with Gasteiger partial charge in [-0.25, -0.2) is 9.97 Å². The number of hydrogen-bond acceptors (Lipinski definition) is 4. The highest BCUT2D eigenvalue weighted by atomic mass is 32.1. The molecule has 1 N–H and O–H groups in total. The van der Waals surface area contributed by atoms with E-state index in [1.54, 1.807) is 0 Å². The van der Waals surface area contributed by atoms with Gasteiger partial charge in [-0.05, 0) is 19.8 Å². The van der Waals surface area contributed by atoms with Crippen molar-refractivity contribution in [2.24, 2.45) is 0 Å². The molecule has 120 valence electrons. The molecule has 1 aliphatic heterocycles. The van der Waals surface area contributed by atoms with E-state index >= 15 is 0 Å². The van der Waals surface area contributed by atoms with E-state index in [1.807, 2.05) is 17.5 Å². The fourth-order valence-corrected chi connectivity index (χ4v) is 3.95. The normalized spacial score (nSPS) is 18.5. The molecule has 5 heteroatoms. The van der Waals surface area contributed by atoms with Crippen molar-refractivity contribution in [3.63, 3.8) is 0 Å². The Morgan fingerprint density at radius 1 is 1.41 bits per heavy atom. The summed E-state index contributed by atoms with van der Waals surface area (Å²) in [4.78, 5) is 10.6. The van der Waals surface area contributed by atoms with Gasteiger partial charge in [-0.15, -0.1) is 11.3 Å². The van der Waals surface area contributed by atoms with E-state index < -0.39 is 0 Å². The third-order valence-electron chi connectivity index (χ3n) is 4.13. The molecule has 0 aliphatic carbocycles. The maximum Gasteiger partial charge on any atom is 0.113 e. The van der Waals surface area contributed by atoms with Crippen LogP contribution in [0.5, 0.6) is 0 Å². The van der Waals surface area contributed by atoms with E-state index in [0.29, 0.717) is 5.92 Å². The summed E-state index contributed by atoms with van der Waals surface area (Å²) in [6.45, 7) is 11.8. The first kappa shape index (κ1) is 15.7. The maximum atomic E-state index is 4.71. The Labute approximate surface area is 137 Å². The van der Waals surface area contributed by atoms with Crippen LogP contribution >= 0.6 is 11.3 Å². The lowest BCUT2D eigenvalue weighted by molar-refractivity contribution is 0.423.